The molecule has 24 heavy (non-hydrogen) atoms. The topological polar surface area (TPSA) is 61.7 Å². The van der Waals surface area contributed by atoms with Crippen molar-refractivity contribution in [3.8, 4) is 0 Å². The highest BCUT2D eigenvalue weighted by Gasteiger charge is 2.48. The highest BCUT2D eigenvalue weighted by Crippen LogP contribution is 2.27. The maximum atomic E-state index is 12.8. The van der Waals surface area contributed by atoms with Gasteiger partial charge in [-0.25, -0.2) is 14.7 Å². The lowest BCUT2D eigenvalue weighted by atomic mass is 10.2. The van der Waals surface area contributed by atoms with E-state index >= 15 is 0 Å². The number of fused-ring (bicyclic) bond motifs is 1. The first-order valence-corrected chi connectivity index (χ1v) is 8.03. The van der Waals surface area contributed by atoms with Crippen molar-refractivity contribution in [2.75, 3.05) is 24.5 Å². The molecular weight excluding hydrogens is 306 g/mol. The number of amides is 3. The first-order valence-electron chi connectivity index (χ1n) is 8.03. The van der Waals surface area contributed by atoms with Crippen LogP contribution in [0.4, 0.5) is 10.5 Å². The van der Waals surface area contributed by atoms with Crippen LogP contribution in [0.15, 0.2) is 42.7 Å². The number of hydrogen-bond acceptors (Lipinski definition) is 4. The van der Waals surface area contributed by atoms with Gasteiger partial charge in [-0.15, -0.1) is 0 Å². The van der Waals surface area contributed by atoms with Gasteiger partial charge in [-0.3, -0.25) is 9.69 Å². The van der Waals surface area contributed by atoms with E-state index in [1.807, 2.05) is 36.0 Å². The largest absolute Gasteiger partial charge is 0.337 e. The molecule has 0 aliphatic carbocycles. The molecule has 0 bridgehead atoms. The van der Waals surface area contributed by atoms with E-state index < -0.39 is 6.04 Å². The Balaban J connectivity index is 1.53. The van der Waals surface area contributed by atoms with E-state index in [0.717, 1.165) is 12.4 Å². The molecule has 124 valence electrons. The summed E-state index contributed by atoms with van der Waals surface area (Å²) in [5, 5.41) is 0. The van der Waals surface area contributed by atoms with E-state index in [9.17, 15) is 9.59 Å². The van der Waals surface area contributed by atoms with Gasteiger partial charge in [-0.1, -0.05) is 18.2 Å². The number of hydrogen-bond donors (Lipinski definition) is 0. The minimum Gasteiger partial charge on any atom is -0.337 e. The third kappa shape index (κ3) is 2.37. The average molecular weight is 325 g/mol. The molecule has 0 N–H and O–H groups in total. The molecular formula is C17H19N5O2. The molecule has 2 aliphatic rings. The van der Waals surface area contributed by atoms with Crippen molar-refractivity contribution in [2.24, 2.45) is 7.05 Å². The fraction of sp³-hybridized carbons (Fsp3) is 0.353. The predicted molar refractivity (Wildman–Crippen MR) is 88.3 cm³/mol. The van der Waals surface area contributed by atoms with Crippen LogP contribution in [0.2, 0.25) is 0 Å². The summed E-state index contributed by atoms with van der Waals surface area (Å²) in [6.07, 6.45) is 3.68. The van der Waals surface area contributed by atoms with Gasteiger partial charge in [-0.2, -0.15) is 0 Å². The van der Waals surface area contributed by atoms with Crippen molar-refractivity contribution in [1.82, 2.24) is 19.4 Å². The van der Waals surface area contributed by atoms with E-state index in [0.29, 0.717) is 25.3 Å². The standard InChI is InChI=1S/C17H19N5O2/c1-19-8-7-18-15(19)12-20-9-10-21-14(11-20)16(23)22(17(21)24)13-5-3-2-4-6-13/h2-8,14H,9-12H2,1H3/t14-/m0/s1. The summed E-state index contributed by atoms with van der Waals surface area (Å²) in [5.74, 6) is 0.816. The van der Waals surface area contributed by atoms with Gasteiger partial charge in [0.25, 0.3) is 5.91 Å². The summed E-state index contributed by atoms with van der Waals surface area (Å²) in [6.45, 7) is 2.52. The molecule has 4 rings (SSSR count). The van der Waals surface area contributed by atoms with E-state index in [1.54, 1.807) is 23.2 Å². The summed E-state index contributed by atoms with van der Waals surface area (Å²) in [4.78, 5) is 34.9. The van der Waals surface area contributed by atoms with Gasteiger partial charge in [-0.05, 0) is 12.1 Å². The molecule has 2 saturated heterocycles. The third-order valence-electron chi connectivity index (χ3n) is 4.71. The minimum atomic E-state index is -0.410. The summed E-state index contributed by atoms with van der Waals surface area (Å²) < 4.78 is 1.98. The molecule has 7 heteroatoms. The van der Waals surface area contributed by atoms with Gasteiger partial charge >= 0.3 is 6.03 Å². The molecule has 1 aromatic heterocycles. The Morgan fingerprint density at radius 3 is 2.67 bits per heavy atom. The molecule has 0 saturated carbocycles. The van der Waals surface area contributed by atoms with E-state index in [-0.39, 0.29) is 11.9 Å². The number of anilines is 1. The lowest BCUT2D eigenvalue weighted by molar-refractivity contribution is -0.121. The lowest BCUT2D eigenvalue weighted by Crippen LogP contribution is -2.52. The van der Waals surface area contributed by atoms with Gasteiger partial charge in [0.2, 0.25) is 0 Å². The van der Waals surface area contributed by atoms with Crippen LogP contribution in [-0.2, 0) is 18.4 Å². The average Bonchev–Trinajstić information content (AvgIpc) is 3.10. The number of nitrogens with zero attached hydrogens (tertiary/aromatic N) is 5. The van der Waals surface area contributed by atoms with Crippen LogP contribution in [0.1, 0.15) is 5.82 Å². The molecule has 7 nitrogen and oxygen atoms in total. The van der Waals surface area contributed by atoms with E-state index in [4.69, 9.17) is 0 Å². The van der Waals surface area contributed by atoms with Crippen LogP contribution in [0.25, 0.3) is 0 Å². The molecule has 0 unspecified atom stereocenters. The number of imidazole rings is 1. The van der Waals surface area contributed by atoms with Crippen molar-refractivity contribution in [3.05, 3.63) is 48.5 Å². The molecule has 2 aliphatic heterocycles. The zero-order valence-corrected chi connectivity index (χ0v) is 13.5. The Morgan fingerprint density at radius 1 is 1.17 bits per heavy atom. The van der Waals surface area contributed by atoms with Crippen molar-refractivity contribution >= 4 is 17.6 Å². The Hall–Kier alpha value is -2.67. The third-order valence-corrected chi connectivity index (χ3v) is 4.71. The summed E-state index contributed by atoms with van der Waals surface area (Å²) in [6, 6.07) is 8.50. The van der Waals surface area contributed by atoms with Crippen molar-refractivity contribution in [1.29, 1.82) is 0 Å². The smallest absolute Gasteiger partial charge is 0.332 e. The Labute approximate surface area is 140 Å². The number of aryl methyl sites for hydroxylation is 1. The number of carbonyl (C=O) groups is 2. The zero-order valence-electron chi connectivity index (χ0n) is 13.5. The van der Waals surface area contributed by atoms with Crippen LogP contribution < -0.4 is 4.90 Å². The van der Waals surface area contributed by atoms with Crippen LogP contribution in [-0.4, -0.2) is 57.0 Å². The Morgan fingerprint density at radius 2 is 1.96 bits per heavy atom. The predicted octanol–water partition coefficient (Wildman–Crippen LogP) is 1.07. The molecule has 0 radical (unpaired) electrons. The van der Waals surface area contributed by atoms with Gasteiger partial charge in [0.05, 0.1) is 12.2 Å². The number of urea groups is 1. The number of benzene rings is 1. The van der Waals surface area contributed by atoms with Gasteiger partial charge in [0, 0.05) is 39.1 Å². The highest BCUT2D eigenvalue weighted by atomic mass is 16.2. The van der Waals surface area contributed by atoms with Gasteiger partial charge in [0.1, 0.15) is 11.9 Å². The monoisotopic (exact) mass is 325 g/mol. The van der Waals surface area contributed by atoms with Crippen LogP contribution in [0.5, 0.6) is 0 Å². The van der Waals surface area contributed by atoms with Gasteiger partial charge < -0.3 is 9.47 Å². The number of piperazine rings is 1. The minimum absolute atomic E-state index is 0.143. The van der Waals surface area contributed by atoms with Crippen molar-refractivity contribution in [2.45, 2.75) is 12.6 Å². The molecule has 0 spiro atoms. The number of rotatable bonds is 3. The zero-order chi connectivity index (χ0) is 16.7. The summed E-state index contributed by atoms with van der Waals surface area (Å²) >= 11 is 0. The maximum absolute atomic E-state index is 12.8. The summed E-state index contributed by atoms with van der Waals surface area (Å²) in [5.41, 5.74) is 0.637. The second kappa shape index (κ2) is 5.76. The molecule has 1 atom stereocenters. The molecule has 2 aromatic rings. The summed E-state index contributed by atoms with van der Waals surface area (Å²) in [7, 11) is 1.96. The van der Waals surface area contributed by atoms with Crippen LogP contribution in [0.3, 0.4) is 0 Å². The van der Waals surface area contributed by atoms with Crippen molar-refractivity contribution < 1.29 is 9.59 Å². The lowest BCUT2D eigenvalue weighted by Gasteiger charge is -2.34. The Bertz CT molecular complexity index is 772. The first-order chi connectivity index (χ1) is 11.6. The normalized spacial score (nSPS) is 21.5. The van der Waals surface area contributed by atoms with E-state index in [1.165, 1.54) is 4.90 Å². The molecule has 1 aromatic carbocycles. The van der Waals surface area contributed by atoms with Gasteiger partial charge in [0.15, 0.2) is 0 Å². The van der Waals surface area contributed by atoms with Crippen LogP contribution in [0, 0.1) is 0 Å². The number of para-hydroxylation sites is 1. The number of imide groups is 1. The van der Waals surface area contributed by atoms with Crippen molar-refractivity contribution in [3.63, 3.8) is 0 Å². The molecule has 3 heterocycles. The SMILES string of the molecule is Cn1ccnc1CN1CCN2C(=O)N(c3ccccc3)C(=O)[C@@H]2C1. The second-order valence-corrected chi connectivity index (χ2v) is 6.19. The maximum Gasteiger partial charge on any atom is 0.332 e. The quantitative estimate of drug-likeness (QED) is 0.792. The number of carbonyl (C=O) groups excluding carboxylic acids is 2. The number of aromatic nitrogens is 2. The second-order valence-electron chi connectivity index (χ2n) is 6.19. The molecule has 2 fully saturated rings. The Kier molecular flexibility index (Phi) is 3.57. The van der Waals surface area contributed by atoms with E-state index in [2.05, 4.69) is 9.88 Å². The van der Waals surface area contributed by atoms with Crippen LogP contribution >= 0.6 is 0 Å². The first kappa shape index (κ1) is 14.9. The fourth-order valence-electron chi connectivity index (χ4n) is 3.36. The fourth-order valence-corrected chi connectivity index (χ4v) is 3.36. The molecule has 3 amide bonds. The highest BCUT2D eigenvalue weighted by molar-refractivity contribution is 6.21.